The molecule has 2 rings (SSSR count). The molecule has 3 nitrogen and oxygen atoms in total. The summed E-state index contributed by atoms with van der Waals surface area (Å²) in [7, 11) is 0. The Morgan fingerprint density at radius 1 is 1.18 bits per heavy atom. The minimum atomic E-state index is 0.692. The van der Waals surface area contributed by atoms with Crippen molar-refractivity contribution in [2.45, 2.75) is 104 Å². The molecule has 1 heterocycles. The molecule has 0 spiro atoms. The number of nitrogens with two attached hydrogens (primary N) is 1. The molecule has 2 N–H and O–H groups in total. The zero-order valence-electron chi connectivity index (χ0n) is 22.6. The molecule has 3 heteroatoms. The Morgan fingerprint density at radius 3 is 2.59 bits per heavy atom. The second kappa shape index (κ2) is 16.8. The third kappa shape index (κ3) is 10.2. The van der Waals surface area contributed by atoms with Gasteiger partial charge < -0.3 is 10.6 Å². The molecule has 0 radical (unpaired) electrons. The predicted molar refractivity (Wildman–Crippen MR) is 151 cm³/mol. The van der Waals surface area contributed by atoms with E-state index in [9.17, 15) is 0 Å². The summed E-state index contributed by atoms with van der Waals surface area (Å²) in [6.07, 6.45) is 27.3. The Labute approximate surface area is 211 Å². The summed E-state index contributed by atoms with van der Waals surface area (Å²) in [5.74, 6) is 2.18. The SMILES string of the molecule is C=C(C(CCC)CCCC1C=CC(CCC(CC)CC/N=C\C(=C/N)CC)=CC1)N1CCCC1. The van der Waals surface area contributed by atoms with E-state index in [1.165, 1.54) is 95.8 Å². The fourth-order valence-corrected chi connectivity index (χ4v) is 5.44. The van der Waals surface area contributed by atoms with Gasteiger partial charge in [0.05, 0.1) is 0 Å². The third-order valence-corrected chi connectivity index (χ3v) is 7.98. The number of nitrogens with zero attached hydrogens (tertiary/aromatic N) is 2. The number of likely N-dealkylation sites (tertiary alicyclic amines) is 1. The molecule has 1 saturated heterocycles. The van der Waals surface area contributed by atoms with Crippen molar-refractivity contribution < 1.29 is 0 Å². The van der Waals surface area contributed by atoms with Gasteiger partial charge in [-0.05, 0) is 93.7 Å². The summed E-state index contributed by atoms with van der Waals surface area (Å²) in [6, 6.07) is 0. The van der Waals surface area contributed by atoms with E-state index in [2.05, 4.69) is 55.5 Å². The van der Waals surface area contributed by atoms with E-state index in [4.69, 9.17) is 5.73 Å². The van der Waals surface area contributed by atoms with Crippen molar-refractivity contribution in [2.24, 2.45) is 28.5 Å². The zero-order valence-corrected chi connectivity index (χ0v) is 22.6. The summed E-state index contributed by atoms with van der Waals surface area (Å²) in [5, 5.41) is 0. The molecule has 0 amide bonds. The summed E-state index contributed by atoms with van der Waals surface area (Å²) in [6.45, 7) is 14.6. The van der Waals surface area contributed by atoms with Crippen LogP contribution in [0.5, 0.6) is 0 Å². The molecule has 0 aromatic rings. The lowest BCUT2D eigenvalue weighted by Crippen LogP contribution is -2.23. The molecule has 3 atom stereocenters. The number of allylic oxidation sites excluding steroid dienone is 6. The Kier molecular flexibility index (Phi) is 14.1. The Hall–Kier alpha value is -1.77. The zero-order chi connectivity index (χ0) is 24.6. The van der Waals surface area contributed by atoms with Crippen LogP contribution in [0.3, 0.4) is 0 Å². The average molecular weight is 468 g/mol. The van der Waals surface area contributed by atoms with Gasteiger partial charge in [-0.2, -0.15) is 0 Å². The van der Waals surface area contributed by atoms with Crippen LogP contribution in [0.25, 0.3) is 0 Å². The van der Waals surface area contributed by atoms with Crippen molar-refractivity contribution in [3.63, 3.8) is 0 Å². The quantitative estimate of drug-likeness (QED) is 0.219. The van der Waals surface area contributed by atoms with Crippen LogP contribution in [0.4, 0.5) is 0 Å². The molecule has 0 saturated carbocycles. The maximum atomic E-state index is 5.61. The summed E-state index contributed by atoms with van der Waals surface area (Å²) in [5.41, 5.74) is 9.70. The van der Waals surface area contributed by atoms with Gasteiger partial charge in [-0.1, -0.05) is 70.4 Å². The molecular formula is C31H53N3. The lowest BCUT2D eigenvalue weighted by atomic mass is 9.86. The van der Waals surface area contributed by atoms with E-state index in [-0.39, 0.29) is 0 Å². The van der Waals surface area contributed by atoms with Gasteiger partial charge in [-0.15, -0.1) is 0 Å². The monoisotopic (exact) mass is 467 g/mol. The van der Waals surface area contributed by atoms with Crippen molar-refractivity contribution in [3.8, 4) is 0 Å². The molecule has 192 valence electrons. The fraction of sp³-hybridized carbons (Fsp3) is 0.710. The minimum absolute atomic E-state index is 0.692. The third-order valence-electron chi connectivity index (χ3n) is 7.98. The molecule has 2 aliphatic rings. The van der Waals surface area contributed by atoms with Crippen LogP contribution in [-0.4, -0.2) is 30.7 Å². The van der Waals surface area contributed by atoms with Crippen molar-refractivity contribution in [3.05, 3.63) is 47.9 Å². The van der Waals surface area contributed by atoms with Crippen molar-refractivity contribution >= 4 is 6.21 Å². The second-order valence-corrected chi connectivity index (χ2v) is 10.5. The molecule has 3 unspecified atom stereocenters. The first-order valence-corrected chi connectivity index (χ1v) is 14.3. The van der Waals surface area contributed by atoms with Gasteiger partial charge in [0.1, 0.15) is 0 Å². The molecular weight excluding hydrogens is 414 g/mol. The highest BCUT2D eigenvalue weighted by atomic mass is 15.1. The van der Waals surface area contributed by atoms with Gasteiger partial charge in [-0.25, -0.2) is 0 Å². The maximum Gasteiger partial charge on any atom is 0.0392 e. The molecule has 34 heavy (non-hydrogen) atoms. The Balaban J connectivity index is 1.66. The number of rotatable bonds is 17. The molecule has 0 aromatic carbocycles. The molecule has 1 aliphatic heterocycles. The highest BCUT2D eigenvalue weighted by Crippen LogP contribution is 2.30. The standard InChI is InChI=1S/C31H53N3/c1-5-11-31(26(4)34-22-8-9-23-34)13-10-12-29-16-18-30(19-17-29)15-14-27(6-2)20-21-33-25-28(7-3)24-32/h16,18-19,24-25,27,29,31H,4-15,17,20-23,32H2,1-3H3/b28-24-,33-25-. The maximum absolute atomic E-state index is 5.61. The van der Waals surface area contributed by atoms with Crippen LogP contribution in [0, 0.1) is 17.8 Å². The highest BCUT2D eigenvalue weighted by Gasteiger charge is 2.21. The fourth-order valence-electron chi connectivity index (χ4n) is 5.44. The minimum Gasteiger partial charge on any atom is -0.404 e. The van der Waals surface area contributed by atoms with Gasteiger partial charge in [0.2, 0.25) is 0 Å². The van der Waals surface area contributed by atoms with Crippen molar-refractivity contribution in [1.82, 2.24) is 4.90 Å². The van der Waals surface area contributed by atoms with Gasteiger partial charge >= 0.3 is 0 Å². The van der Waals surface area contributed by atoms with Gasteiger partial charge in [-0.3, -0.25) is 4.99 Å². The lowest BCUT2D eigenvalue weighted by Gasteiger charge is -2.28. The largest absolute Gasteiger partial charge is 0.404 e. The van der Waals surface area contributed by atoms with E-state index in [0.717, 1.165) is 30.4 Å². The van der Waals surface area contributed by atoms with E-state index in [1.807, 2.05) is 6.21 Å². The van der Waals surface area contributed by atoms with Crippen LogP contribution in [-0.2, 0) is 0 Å². The van der Waals surface area contributed by atoms with Gasteiger partial charge in [0, 0.05) is 31.5 Å². The first-order valence-electron chi connectivity index (χ1n) is 14.3. The van der Waals surface area contributed by atoms with Crippen LogP contribution < -0.4 is 5.73 Å². The first kappa shape index (κ1) is 28.5. The molecule has 0 aromatic heterocycles. The van der Waals surface area contributed by atoms with E-state index in [1.54, 1.807) is 11.8 Å². The summed E-state index contributed by atoms with van der Waals surface area (Å²) in [4.78, 5) is 7.14. The van der Waals surface area contributed by atoms with E-state index >= 15 is 0 Å². The lowest BCUT2D eigenvalue weighted by molar-refractivity contribution is 0.329. The number of hydrogen-bond donors (Lipinski definition) is 1. The van der Waals surface area contributed by atoms with Gasteiger partial charge in [0.15, 0.2) is 0 Å². The van der Waals surface area contributed by atoms with E-state index in [0.29, 0.717) is 5.92 Å². The predicted octanol–water partition coefficient (Wildman–Crippen LogP) is 8.20. The second-order valence-electron chi connectivity index (χ2n) is 10.5. The normalized spacial score (nSPS) is 20.7. The van der Waals surface area contributed by atoms with Crippen molar-refractivity contribution in [1.29, 1.82) is 0 Å². The van der Waals surface area contributed by atoms with E-state index < -0.39 is 0 Å². The van der Waals surface area contributed by atoms with Crippen LogP contribution in [0.1, 0.15) is 104 Å². The summed E-state index contributed by atoms with van der Waals surface area (Å²) >= 11 is 0. The molecule has 1 fully saturated rings. The van der Waals surface area contributed by atoms with Crippen molar-refractivity contribution in [2.75, 3.05) is 19.6 Å². The number of hydrogen-bond acceptors (Lipinski definition) is 3. The molecule has 1 aliphatic carbocycles. The highest BCUT2D eigenvalue weighted by molar-refractivity contribution is 5.78. The Bertz CT molecular complexity index is 693. The van der Waals surface area contributed by atoms with Crippen LogP contribution >= 0.6 is 0 Å². The van der Waals surface area contributed by atoms with Crippen LogP contribution in [0.15, 0.2) is 52.8 Å². The first-order chi connectivity index (χ1) is 16.6. The smallest absolute Gasteiger partial charge is 0.0392 e. The average Bonchev–Trinajstić information content (AvgIpc) is 3.41. The van der Waals surface area contributed by atoms with Crippen LogP contribution in [0.2, 0.25) is 0 Å². The topological polar surface area (TPSA) is 41.6 Å². The van der Waals surface area contributed by atoms with Gasteiger partial charge in [0.25, 0.3) is 0 Å². The number of aliphatic imine (C=N–C) groups is 1. The Morgan fingerprint density at radius 2 is 1.97 bits per heavy atom. The summed E-state index contributed by atoms with van der Waals surface area (Å²) < 4.78 is 0. The molecule has 0 bridgehead atoms.